The van der Waals surface area contributed by atoms with E-state index in [0.717, 1.165) is 0 Å². The first kappa shape index (κ1) is 23.1. The SMILES string of the molecule is COc1ccc(NC(=O)CC2C(=O)Nc3ccccc3N2C(=O)C=Cc2ccccc2Cl)cc1. The molecule has 0 aromatic heterocycles. The molecule has 0 aliphatic carbocycles. The van der Waals surface area contributed by atoms with E-state index < -0.39 is 23.8 Å². The van der Waals surface area contributed by atoms with Gasteiger partial charge in [-0.25, -0.2) is 0 Å². The van der Waals surface area contributed by atoms with Gasteiger partial charge >= 0.3 is 0 Å². The van der Waals surface area contributed by atoms with Crippen molar-refractivity contribution in [3.63, 3.8) is 0 Å². The van der Waals surface area contributed by atoms with E-state index in [1.807, 2.05) is 6.07 Å². The molecule has 0 radical (unpaired) electrons. The van der Waals surface area contributed by atoms with E-state index >= 15 is 0 Å². The lowest BCUT2D eigenvalue weighted by Gasteiger charge is -2.35. The molecule has 3 aromatic rings. The van der Waals surface area contributed by atoms with Gasteiger partial charge in [-0.3, -0.25) is 19.3 Å². The van der Waals surface area contributed by atoms with Gasteiger partial charge in [-0.2, -0.15) is 0 Å². The largest absolute Gasteiger partial charge is 0.497 e. The van der Waals surface area contributed by atoms with Crippen molar-refractivity contribution in [2.75, 3.05) is 22.6 Å². The maximum absolute atomic E-state index is 13.3. The summed E-state index contributed by atoms with van der Waals surface area (Å²) in [5.41, 5.74) is 2.23. The molecule has 1 atom stereocenters. The molecule has 1 aliphatic rings. The normalized spacial score (nSPS) is 14.9. The van der Waals surface area contributed by atoms with E-state index in [-0.39, 0.29) is 6.42 Å². The van der Waals surface area contributed by atoms with Crippen LogP contribution in [0, 0.1) is 0 Å². The Morgan fingerprint density at radius 1 is 1.06 bits per heavy atom. The minimum atomic E-state index is -1.03. The summed E-state index contributed by atoms with van der Waals surface area (Å²) in [7, 11) is 1.55. The van der Waals surface area contributed by atoms with Crippen LogP contribution in [0.1, 0.15) is 12.0 Å². The zero-order chi connectivity index (χ0) is 24.1. The van der Waals surface area contributed by atoms with Gasteiger partial charge in [-0.05, 0) is 54.1 Å². The standard InChI is InChI=1S/C26H22ClN3O4/c1-34-19-13-11-18(12-14-19)28-24(31)16-23-26(33)29-21-8-4-5-9-22(21)30(23)25(32)15-10-17-6-2-3-7-20(17)27/h2-15,23H,16H2,1H3,(H,28,31)(H,29,33). The first-order valence-corrected chi connectivity index (χ1v) is 10.9. The maximum atomic E-state index is 13.3. The number of carbonyl (C=O) groups is 3. The van der Waals surface area contributed by atoms with Gasteiger partial charge in [0.05, 0.1) is 24.9 Å². The van der Waals surface area contributed by atoms with Crippen LogP contribution in [0.4, 0.5) is 17.1 Å². The Morgan fingerprint density at radius 2 is 1.76 bits per heavy atom. The van der Waals surface area contributed by atoms with Crippen molar-refractivity contribution in [3.05, 3.63) is 89.5 Å². The van der Waals surface area contributed by atoms with E-state index in [2.05, 4.69) is 10.6 Å². The van der Waals surface area contributed by atoms with Crippen LogP contribution in [0.2, 0.25) is 5.02 Å². The van der Waals surface area contributed by atoms with Crippen molar-refractivity contribution in [2.24, 2.45) is 0 Å². The summed E-state index contributed by atoms with van der Waals surface area (Å²) in [5, 5.41) is 6.05. The van der Waals surface area contributed by atoms with Crippen LogP contribution >= 0.6 is 11.6 Å². The second kappa shape index (κ2) is 10.2. The summed E-state index contributed by atoms with van der Waals surface area (Å²) in [6.07, 6.45) is 2.72. The molecule has 1 heterocycles. The number of carbonyl (C=O) groups excluding carboxylic acids is 3. The van der Waals surface area contributed by atoms with Gasteiger partial charge in [0.1, 0.15) is 11.8 Å². The van der Waals surface area contributed by atoms with Crippen LogP contribution in [0.15, 0.2) is 78.9 Å². The van der Waals surface area contributed by atoms with Crippen LogP contribution in [0.5, 0.6) is 5.75 Å². The third kappa shape index (κ3) is 5.10. The zero-order valence-electron chi connectivity index (χ0n) is 18.3. The van der Waals surface area contributed by atoms with Crippen LogP contribution in [0.25, 0.3) is 6.08 Å². The molecule has 2 N–H and O–H groups in total. The summed E-state index contributed by atoms with van der Waals surface area (Å²) in [5.74, 6) is -0.631. The van der Waals surface area contributed by atoms with E-state index in [1.54, 1.807) is 79.9 Å². The molecule has 8 heteroatoms. The molecule has 34 heavy (non-hydrogen) atoms. The topological polar surface area (TPSA) is 87.7 Å². The summed E-state index contributed by atoms with van der Waals surface area (Å²) < 4.78 is 5.12. The van der Waals surface area contributed by atoms with Crippen molar-refractivity contribution in [2.45, 2.75) is 12.5 Å². The first-order valence-electron chi connectivity index (χ1n) is 10.6. The predicted molar refractivity (Wildman–Crippen MR) is 133 cm³/mol. The van der Waals surface area contributed by atoms with Gasteiger partial charge in [0, 0.05) is 16.8 Å². The van der Waals surface area contributed by atoms with Crippen molar-refractivity contribution >= 4 is 52.5 Å². The fourth-order valence-electron chi connectivity index (χ4n) is 3.66. The summed E-state index contributed by atoms with van der Waals surface area (Å²) in [4.78, 5) is 40.3. The molecule has 4 rings (SSSR count). The maximum Gasteiger partial charge on any atom is 0.251 e. The number of ether oxygens (including phenoxy) is 1. The molecule has 3 amide bonds. The number of halogens is 1. The van der Waals surface area contributed by atoms with Crippen LogP contribution in [0.3, 0.4) is 0 Å². The third-order valence-electron chi connectivity index (χ3n) is 5.34. The number of nitrogens with one attached hydrogen (secondary N) is 2. The van der Waals surface area contributed by atoms with E-state index in [1.165, 1.54) is 11.0 Å². The second-order valence-electron chi connectivity index (χ2n) is 7.57. The highest BCUT2D eigenvalue weighted by Gasteiger charge is 2.37. The summed E-state index contributed by atoms with van der Waals surface area (Å²) in [6, 6.07) is 19.9. The highest BCUT2D eigenvalue weighted by atomic mass is 35.5. The molecular weight excluding hydrogens is 454 g/mol. The third-order valence-corrected chi connectivity index (χ3v) is 5.68. The number of benzene rings is 3. The van der Waals surface area contributed by atoms with Crippen molar-refractivity contribution in [1.82, 2.24) is 0 Å². The number of para-hydroxylation sites is 2. The number of hydrogen-bond donors (Lipinski definition) is 2. The van der Waals surface area contributed by atoms with Gasteiger partial charge in [0.25, 0.3) is 5.91 Å². The van der Waals surface area contributed by atoms with Crippen LogP contribution < -0.4 is 20.3 Å². The van der Waals surface area contributed by atoms with Gasteiger partial charge in [-0.1, -0.05) is 41.9 Å². The molecule has 0 fully saturated rings. The Kier molecular flexibility index (Phi) is 6.94. The molecular formula is C26H22ClN3O4. The summed E-state index contributed by atoms with van der Waals surface area (Å²) >= 11 is 6.19. The van der Waals surface area contributed by atoms with Gasteiger partial charge in [0.15, 0.2) is 0 Å². The number of fused-ring (bicyclic) bond motifs is 1. The quantitative estimate of drug-likeness (QED) is 0.504. The average Bonchev–Trinajstić information content (AvgIpc) is 2.84. The number of hydrogen-bond acceptors (Lipinski definition) is 4. The van der Waals surface area contributed by atoms with Crippen molar-refractivity contribution < 1.29 is 19.1 Å². The first-order chi connectivity index (χ1) is 16.5. The molecule has 172 valence electrons. The number of rotatable bonds is 6. The van der Waals surface area contributed by atoms with Gasteiger partial charge in [0.2, 0.25) is 11.8 Å². The Hall–Kier alpha value is -4.10. The van der Waals surface area contributed by atoms with Crippen molar-refractivity contribution in [1.29, 1.82) is 0 Å². The highest BCUT2D eigenvalue weighted by molar-refractivity contribution is 6.32. The second-order valence-corrected chi connectivity index (χ2v) is 7.97. The van der Waals surface area contributed by atoms with E-state index in [9.17, 15) is 14.4 Å². The number of anilines is 3. The molecule has 1 unspecified atom stereocenters. The van der Waals surface area contributed by atoms with E-state index in [0.29, 0.717) is 33.4 Å². The Balaban J connectivity index is 1.58. The predicted octanol–water partition coefficient (Wildman–Crippen LogP) is 4.74. The Bertz CT molecular complexity index is 1260. The molecule has 0 bridgehead atoms. The lowest BCUT2D eigenvalue weighted by Crippen LogP contribution is -2.52. The monoisotopic (exact) mass is 475 g/mol. The van der Waals surface area contributed by atoms with Crippen molar-refractivity contribution in [3.8, 4) is 5.75 Å². The minimum Gasteiger partial charge on any atom is -0.497 e. The minimum absolute atomic E-state index is 0.224. The Labute approximate surface area is 202 Å². The molecule has 0 saturated heterocycles. The van der Waals surface area contributed by atoms with Crippen LogP contribution in [-0.2, 0) is 14.4 Å². The molecule has 0 saturated carbocycles. The van der Waals surface area contributed by atoms with Gasteiger partial charge < -0.3 is 15.4 Å². The highest BCUT2D eigenvalue weighted by Crippen LogP contribution is 2.33. The zero-order valence-corrected chi connectivity index (χ0v) is 19.1. The molecule has 0 spiro atoms. The summed E-state index contributed by atoms with van der Waals surface area (Å²) in [6.45, 7) is 0. The van der Waals surface area contributed by atoms with E-state index in [4.69, 9.17) is 16.3 Å². The molecule has 7 nitrogen and oxygen atoms in total. The lowest BCUT2D eigenvalue weighted by molar-refractivity contribution is -0.124. The van der Waals surface area contributed by atoms with Gasteiger partial charge in [-0.15, -0.1) is 0 Å². The smallest absolute Gasteiger partial charge is 0.251 e. The fourth-order valence-corrected chi connectivity index (χ4v) is 3.86. The number of methoxy groups -OCH3 is 1. The molecule has 3 aromatic carbocycles. The van der Waals surface area contributed by atoms with Crippen LogP contribution in [-0.4, -0.2) is 30.9 Å². The Morgan fingerprint density at radius 3 is 2.50 bits per heavy atom. The fraction of sp³-hybridized carbons (Fsp3) is 0.115. The number of nitrogens with zero attached hydrogens (tertiary/aromatic N) is 1. The number of amides is 3. The average molecular weight is 476 g/mol. The lowest BCUT2D eigenvalue weighted by atomic mass is 10.0. The molecule has 1 aliphatic heterocycles.